The lowest BCUT2D eigenvalue weighted by Crippen LogP contribution is -2.12. The fourth-order valence-electron chi connectivity index (χ4n) is 1.86. The first-order valence-electron chi connectivity index (χ1n) is 5.85. The minimum atomic E-state index is -3.17. The molecule has 1 aromatic heterocycles. The predicted molar refractivity (Wildman–Crippen MR) is 74.6 cm³/mol. The van der Waals surface area contributed by atoms with Gasteiger partial charge in [0.05, 0.1) is 10.9 Å². The third-order valence-electron chi connectivity index (χ3n) is 2.92. The second-order valence-corrected chi connectivity index (χ2v) is 6.63. The van der Waals surface area contributed by atoms with Crippen LogP contribution in [0.15, 0.2) is 47.6 Å². The monoisotopic (exact) mass is 276 g/mol. The van der Waals surface area contributed by atoms with Crippen molar-refractivity contribution in [2.45, 2.75) is 17.9 Å². The normalized spacial score (nSPS) is 13.2. The highest BCUT2D eigenvalue weighted by molar-refractivity contribution is 7.90. The van der Waals surface area contributed by atoms with E-state index in [4.69, 9.17) is 5.73 Å². The van der Waals surface area contributed by atoms with E-state index in [1.807, 2.05) is 13.0 Å². The maximum absolute atomic E-state index is 11.4. The first-order chi connectivity index (χ1) is 8.88. The number of pyridine rings is 1. The second-order valence-electron chi connectivity index (χ2n) is 4.61. The maximum Gasteiger partial charge on any atom is 0.175 e. The second kappa shape index (κ2) is 5.11. The summed E-state index contributed by atoms with van der Waals surface area (Å²) in [5.74, 6) is 0. The van der Waals surface area contributed by atoms with Crippen LogP contribution in [0.4, 0.5) is 0 Å². The molecule has 0 radical (unpaired) electrons. The number of hydrogen-bond donors (Lipinski definition) is 1. The van der Waals surface area contributed by atoms with Gasteiger partial charge in [-0.2, -0.15) is 0 Å². The number of nitrogens with zero attached hydrogens (tertiary/aromatic N) is 1. The molecule has 0 saturated heterocycles. The topological polar surface area (TPSA) is 73.0 Å². The van der Waals surface area contributed by atoms with Crippen LogP contribution < -0.4 is 5.73 Å². The van der Waals surface area contributed by atoms with E-state index in [1.54, 1.807) is 36.7 Å². The molecule has 0 aliphatic carbocycles. The summed E-state index contributed by atoms with van der Waals surface area (Å²) in [5.41, 5.74) is 8.97. The Hall–Kier alpha value is -1.72. The highest BCUT2D eigenvalue weighted by Gasteiger charge is 2.11. The molecular weight excluding hydrogens is 260 g/mol. The molecule has 0 fully saturated rings. The Bertz CT molecular complexity index is 679. The third kappa shape index (κ3) is 3.19. The van der Waals surface area contributed by atoms with Gasteiger partial charge in [-0.3, -0.25) is 4.98 Å². The lowest BCUT2D eigenvalue weighted by atomic mass is 10.0. The van der Waals surface area contributed by atoms with Crippen LogP contribution in [0.25, 0.3) is 0 Å². The molecule has 0 spiro atoms. The molecule has 1 heterocycles. The van der Waals surface area contributed by atoms with E-state index in [-0.39, 0.29) is 6.04 Å². The zero-order valence-electron chi connectivity index (χ0n) is 10.9. The van der Waals surface area contributed by atoms with Crippen molar-refractivity contribution in [2.24, 2.45) is 5.73 Å². The quantitative estimate of drug-likeness (QED) is 0.928. The summed E-state index contributed by atoms with van der Waals surface area (Å²) in [7, 11) is -3.17. The number of aromatic nitrogens is 1. The molecule has 5 heteroatoms. The SMILES string of the molecule is Cc1cncc(C(N)c2ccc(S(C)(=O)=O)cc2)c1. The molecule has 0 saturated carbocycles. The van der Waals surface area contributed by atoms with E-state index in [0.717, 1.165) is 16.7 Å². The van der Waals surface area contributed by atoms with Crippen molar-refractivity contribution in [1.29, 1.82) is 0 Å². The van der Waals surface area contributed by atoms with Gasteiger partial charge in [-0.25, -0.2) is 8.42 Å². The average molecular weight is 276 g/mol. The summed E-state index contributed by atoms with van der Waals surface area (Å²) in [4.78, 5) is 4.41. The van der Waals surface area contributed by atoms with Gasteiger partial charge >= 0.3 is 0 Å². The zero-order chi connectivity index (χ0) is 14.0. The van der Waals surface area contributed by atoms with Gasteiger partial charge in [0.25, 0.3) is 0 Å². The summed E-state index contributed by atoms with van der Waals surface area (Å²) in [5, 5.41) is 0. The zero-order valence-corrected chi connectivity index (χ0v) is 11.7. The molecular formula is C14H16N2O2S. The number of nitrogens with two attached hydrogens (primary N) is 1. The van der Waals surface area contributed by atoms with Gasteiger partial charge in [-0.1, -0.05) is 18.2 Å². The van der Waals surface area contributed by atoms with Gasteiger partial charge < -0.3 is 5.73 Å². The van der Waals surface area contributed by atoms with Crippen LogP contribution in [0.2, 0.25) is 0 Å². The fourth-order valence-corrected chi connectivity index (χ4v) is 2.49. The van der Waals surface area contributed by atoms with E-state index in [1.165, 1.54) is 6.26 Å². The Morgan fingerprint density at radius 1 is 1.11 bits per heavy atom. The minimum Gasteiger partial charge on any atom is -0.320 e. The van der Waals surface area contributed by atoms with E-state index in [2.05, 4.69) is 4.98 Å². The molecule has 2 rings (SSSR count). The summed E-state index contributed by atoms with van der Waals surface area (Å²) < 4.78 is 22.8. The maximum atomic E-state index is 11.4. The number of rotatable bonds is 3. The van der Waals surface area contributed by atoms with Crippen molar-refractivity contribution in [3.8, 4) is 0 Å². The van der Waals surface area contributed by atoms with Crippen LogP contribution in [0.3, 0.4) is 0 Å². The summed E-state index contributed by atoms with van der Waals surface area (Å²) >= 11 is 0. The molecule has 1 aromatic carbocycles. The van der Waals surface area contributed by atoms with Crippen LogP contribution in [0.5, 0.6) is 0 Å². The lowest BCUT2D eigenvalue weighted by Gasteiger charge is -2.13. The van der Waals surface area contributed by atoms with Gasteiger partial charge in [0.1, 0.15) is 0 Å². The summed E-state index contributed by atoms with van der Waals surface area (Å²) in [6.07, 6.45) is 4.68. The van der Waals surface area contributed by atoms with Crippen molar-refractivity contribution >= 4 is 9.84 Å². The standard InChI is InChI=1S/C14H16N2O2S/c1-10-7-12(9-16-8-10)14(15)11-3-5-13(6-4-11)19(2,17)18/h3-9,14H,15H2,1-2H3. The van der Waals surface area contributed by atoms with Gasteiger partial charge in [0.2, 0.25) is 0 Å². The van der Waals surface area contributed by atoms with Gasteiger partial charge in [-0.05, 0) is 35.7 Å². The highest BCUT2D eigenvalue weighted by Crippen LogP contribution is 2.21. The Labute approximate surface area is 113 Å². The fraction of sp³-hybridized carbons (Fsp3) is 0.214. The lowest BCUT2D eigenvalue weighted by molar-refractivity contribution is 0.602. The molecule has 0 amide bonds. The largest absolute Gasteiger partial charge is 0.320 e. The summed E-state index contributed by atoms with van der Waals surface area (Å²) in [6.45, 7) is 1.95. The smallest absolute Gasteiger partial charge is 0.175 e. The molecule has 1 unspecified atom stereocenters. The number of sulfone groups is 1. The van der Waals surface area contributed by atoms with E-state index >= 15 is 0 Å². The predicted octanol–water partition coefficient (Wildman–Crippen LogP) is 1.84. The molecule has 0 bridgehead atoms. The Balaban J connectivity index is 2.32. The molecule has 100 valence electrons. The molecule has 19 heavy (non-hydrogen) atoms. The van der Waals surface area contributed by atoms with Crippen LogP contribution >= 0.6 is 0 Å². The molecule has 0 aliphatic rings. The number of benzene rings is 1. The third-order valence-corrected chi connectivity index (χ3v) is 4.05. The van der Waals surface area contributed by atoms with Gasteiger partial charge in [-0.15, -0.1) is 0 Å². The molecule has 0 aliphatic heterocycles. The van der Waals surface area contributed by atoms with E-state index in [0.29, 0.717) is 4.90 Å². The first-order valence-corrected chi connectivity index (χ1v) is 7.74. The first kappa shape index (κ1) is 13.7. The highest BCUT2D eigenvalue weighted by atomic mass is 32.2. The van der Waals surface area contributed by atoms with Gasteiger partial charge in [0.15, 0.2) is 9.84 Å². The number of aryl methyl sites for hydroxylation is 1. The van der Waals surface area contributed by atoms with Crippen LogP contribution in [0, 0.1) is 6.92 Å². The van der Waals surface area contributed by atoms with Crippen molar-refractivity contribution in [2.75, 3.05) is 6.26 Å². The van der Waals surface area contributed by atoms with Crippen molar-refractivity contribution in [3.05, 3.63) is 59.4 Å². The van der Waals surface area contributed by atoms with Crippen LogP contribution in [0.1, 0.15) is 22.7 Å². The van der Waals surface area contributed by atoms with Crippen LogP contribution in [-0.4, -0.2) is 19.7 Å². The Kier molecular flexibility index (Phi) is 3.68. The molecule has 1 atom stereocenters. The van der Waals surface area contributed by atoms with Crippen molar-refractivity contribution in [3.63, 3.8) is 0 Å². The van der Waals surface area contributed by atoms with Crippen molar-refractivity contribution in [1.82, 2.24) is 4.98 Å². The number of hydrogen-bond acceptors (Lipinski definition) is 4. The molecule has 2 N–H and O–H groups in total. The van der Waals surface area contributed by atoms with Gasteiger partial charge in [0, 0.05) is 18.6 Å². The average Bonchev–Trinajstić information content (AvgIpc) is 2.37. The Morgan fingerprint density at radius 3 is 2.26 bits per heavy atom. The van der Waals surface area contributed by atoms with E-state index < -0.39 is 9.84 Å². The molecule has 2 aromatic rings. The van der Waals surface area contributed by atoms with Crippen molar-refractivity contribution < 1.29 is 8.42 Å². The Morgan fingerprint density at radius 2 is 1.74 bits per heavy atom. The molecule has 4 nitrogen and oxygen atoms in total. The minimum absolute atomic E-state index is 0.297. The summed E-state index contributed by atoms with van der Waals surface area (Å²) in [6, 6.07) is 8.30. The van der Waals surface area contributed by atoms with E-state index in [9.17, 15) is 8.42 Å². The van der Waals surface area contributed by atoms with Crippen LogP contribution in [-0.2, 0) is 9.84 Å².